The van der Waals surface area contributed by atoms with Gasteiger partial charge in [-0.15, -0.1) is 0 Å². The van der Waals surface area contributed by atoms with Crippen LogP contribution in [0.5, 0.6) is 0 Å². The molecule has 178 valence electrons. The fourth-order valence-electron chi connectivity index (χ4n) is 3.41. The number of benzene rings is 2. The molecule has 0 aliphatic carbocycles. The van der Waals surface area contributed by atoms with E-state index < -0.39 is 36.1 Å². The number of nitrogens with one attached hydrogen (secondary N) is 1. The van der Waals surface area contributed by atoms with E-state index in [1.807, 2.05) is 0 Å². The lowest BCUT2D eigenvalue weighted by atomic mass is 10.1. The molecule has 1 aliphatic rings. The van der Waals surface area contributed by atoms with Crippen molar-refractivity contribution in [2.24, 2.45) is 0 Å². The lowest BCUT2D eigenvalue weighted by molar-refractivity contribution is -0.138. The van der Waals surface area contributed by atoms with Crippen molar-refractivity contribution in [2.45, 2.75) is 26.8 Å². The molecule has 3 rings (SSSR count). The summed E-state index contributed by atoms with van der Waals surface area (Å²) in [5.74, 6) is -3.51. The predicted octanol–water partition coefficient (Wildman–Crippen LogP) is 2.16. The van der Waals surface area contributed by atoms with E-state index in [0.717, 1.165) is 17.0 Å². The van der Waals surface area contributed by atoms with Gasteiger partial charge >= 0.3 is 5.97 Å². The van der Waals surface area contributed by atoms with Crippen LogP contribution < -0.4 is 10.2 Å². The van der Waals surface area contributed by atoms with Crippen LogP contribution in [0.15, 0.2) is 42.5 Å². The molecular weight excluding hydrogens is 445 g/mol. The van der Waals surface area contributed by atoms with Crippen LogP contribution in [-0.2, 0) is 14.3 Å². The molecular formula is C24H24FN3O6. The van der Waals surface area contributed by atoms with Crippen LogP contribution in [0, 0.1) is 5.82 Å². The number of hydrogen-bond donors (Lipinski definition) is 1. The maximum atomic E-state index is 13.2. The van der Waals surface area contributed by atoms with Crippen LogP contribution in [0.2, 0.25) is 0 Å². The maximum absolute atomic E-state index is 13.2. The number of ether oxygens (including phenoxy) is 1. The van der Waals surface area contributed by atoms with Gasteiger partial charge in [0.2, 0.25) is 5.91 Å². The minimum atomic E-state index is -0.862. The molecule has 0 radical (unpaired) electrons. The quantitative estimate of drug-likeness (QED) is 0.468. The van der Waals surface area contributed by atoms with Gasteiger partial charge in [-0.25, -0.2) is 14.1 Å². The molecule has 0 atom stereocenters. The van der Waals surface area contributed by atoms with Crippen molar-refractivity contribution >= 4 is 35.3 Å². The number of amides is 4. The molecule has 10 heteroatoms. The molecule has 0 saturated carbocycles. The highest BCUT2D eigenvalue weighted by Crippen LogP contribution is 2.29. The lowest BCUT2D eigenvalue weighted by Gasteiger charge is -2.21. The zero-order valence-corrected chi connectivity index (χ0v) is 19.0. The summed E-state index contributed by atoms with van der Waals surface area (Å²) in [5, 5.41) is 2.68. The van der Waals surface area contributed by atoms with Crippen LogP contribution in [0.3, 0.4) is 0 Å². The molecule has 1 aliphatic heterocycles. The van der Waals surface area contributed by atoms with Gasteiger partial charge in [0.05, 0.1) is 28.9 Å². The van der Waals surface area contributed by atoms with Crippen molar-refractivity contribution in [1.82, 2.24) is 10.2 Å². The maximum Gasteiger partial charge on any atom is 0.338 e. The lowest BCUT2D eigenvalue weighted by Crippen LogP contribution is -2.44. The Kier molecular flexibility index (Phi) is 7.40. The number of esters is 1. The Morgan fingerprint density at radius 1 is 1.03 bits per heavy atom. The number of halogens is 1. The van der Waals surface area contributed by atoms with Gasteiger partial charge in [0.25, 0.3) is 17.7 Å². The van der Waals surface area contributed by atoms with Gasteiger partial charge < -0.3 is 15.0 Å². The molecule has 0 bridgehead atoms. The summed E-state index contributed by atoms with van der Waals surface area (Å²) in [6.45, 7) is 4.78. The summed E-state index contributed by atoms with van der Waals surface area (Å²) in [5.41, 5.74) is 0.267. The summed E-state index contributed by atoms with van der Waals surface area (Å²) < 4.78 is 18.3. The third-order valence-electron chi connectivity index (χ3n) is 5.05. The highest BCUT2D eigenvalue weighted by atomic mass is 19.1. The Balaban J connectivity index is 1.67. The monoisotopic (exact) mass is 469 g/mol. The SMILES string of the molecule is CCN(CC(=O)NC(C)C)C(=O)COC(=O)c1ccc2c(c1)C(=O)N(c1ccc(F)cc1)C2=O. The van der Waals surface area contributed by atoms with Crippen molar-refractivity contribution in [3.8, 4) is 0 Å². The zero-order valence-electron chi connectivity index (χ0n) is 19.0. The minimum absolute atomic E-state index is 0.00403. The highest BCUT2D eigenvalue weighted by Gasteiger charge is 2.37. The molecule has 4 amide bonds. The van der Waals surface area contributed by atoms with Crippen LogP contribution in [0.1, 0.15) is 51.8 Å². The van der Waals surface area contributed by atoms with Gasteiger partial charge in [-0.3, -0.25) is 19.2 Å². The standard InChI is InChI=1S/C24H24FN3O6/c1-4-27(12-20(29)26-14(2)3)21(30)13-34-24(33)15-5-10-18-19(11-15)23(32)28(22(18)31)17-8-6-16(25)7-9-17/h5-11,14H,4,12-13H2,1-3H3,(H,26,29). The first-order chi connectivity index (χ1) is 16.1. The zero-order chi connectivity index (χ0) is 25.0. The Morgan fingerprint density at radius 3 is 2.29 bits per heavy atom. The molecule has 2 aromatic rings. The molecule has 0 saturated heterocycles. The largest absolute Gasteiger partial charge is 0.452 e. The Hall–Kier alpha value is -4.08. The van der Waals surface area contributed by atoms with Crippen LogP contribution in [0.25, 0.3) is 0 Å². The van der Waals surface area contributed by atoms with Crippen LogP contribution in [0.4, 0.5) is 10.1 Å². The van der Waals surface area contributed by atoms with Crippen molar-refractivity contribution in [2.75, 3.05) is 24.6 Å². The summed E-state index contributed by atoms with van der Waals surface area (Å²) >= 11 is 0. The Bertz CT molecular complexity index is 1150. The van der Waals surface area contributed by atoms with Crippen LogP contribution in [-0.4, -0.2) is 60.2 Å². The molecule has 0 unspecified atom stereocenters. The number of likely N-dealkylation sites (N-methyl/N-ethyl adjacent to an activating group) is 1. The van der Waals surface area contributed by atoms with E-state index in [1.54, 1.807) is 20.8 Å². The fourth-order valence-corrected chi connectivity index (χ4v) is 3.41. The predicted molar refractivity (Wildman–Crippen MR) is 120 cm³/mol. The van der Waals surface area contributed by atoms with Gasteiger partial charge in [-0.2, -0.15) is 0 Å². The van der Waals surface area contributed by atoms with Crippen molar-refractivity contribution in [1.29, 1.82) is 0 Å². The second-order valence-corrected chi connectivity index (χ2v) is 7.89. The molecule has 0 fully saturated rings. The topological polar surface area (TPSA) is 113 Å². The molecule has 2 aromatic carbocycles. The molecule has 1 heterocycles. The first-order valence-corrected chi connectivity index (χ1v) is 10.6. The number of fused-ring (bicyclic) bond motifs is 1. The van der Waals surface area contributed by atoms with E-state index in [-0.39, 0.29) is 47.4 Å². The number of hydrogen-bond acceptors (Lipinski definition) is 6. The number of rotatable bonds is 8. The number of carbonyl (C=O) groups is 5. The van der Waals surface area contributed by atoms with E-state index in [0.29, 0.717) is 0 Å². The molecule has 1 N–H and O–H groups in total. The van der Waals surface area contributed by atoms with Gasteiger partial charge in [0.15, 0.2) is 6.61 Å². The number of imide groups is 1. The van der Waals surface area contributed by atoms with E-state index in [2.05, 4.69) is 5.32 Å². The molecule has 34 heavy (non-hydrogen) atoms. The highest BCUT2D eigenvalue weighted by molar-refractivity contribution is 6.34. The average Bonchev–Trinajstić information content (AvgIpc) is 3.05. The Labute approximate surface area is 195 Å². The number of anilines is 1. The summed E-state index contributed by atoms with van der Waals surface area (Å²) in [7, 11) is 0. The fraction of sp³-hybridized carbons (Fsp3) is 0.292. The van der Waals surface area contributed by atoms with E-state index >= 15 is 0 Å². The third kappa shape index (κ3) is 5.28. The van der Waals surface area contributed by atoms with E-state index in [4.69, 9.17) is 4.74 Å². The normalized spacial score (nSPS) is 12.6. The Morgan fingerprint density at radius 2 is 1.68 bits per heavy atom. The van der Waals surface area contributed by atoms with Gasteiger partial charge in [-0.05, 0) is 63.2 Å². The average molecular weight is 469 g/mol. The summed E-state index contributed by atoms with van der Waals surface area (Å²) in [6.07, 6.45) is 0. The summed E-state index contributed by atoms with van der Waals surface area (Å²) in [4.78, 5) is 64.4. The summed E-state index contributed by atoms with van der Waals surface area (Å²) in [6, 6.07) is 8.66. The minimum Gasteiger partial charge on any atom is -0.452 e. The molecule has 0 spiro atoms. The van der Waals surface area contributed by atoms with Crippen molar-refractivity contribution in [3.05, 3.63) is 65.0 Å². The third-order valence-corrected chi connectivity index (χ3v) is 5.05. The van der Waals surface area contributed by atoms with Crippen molar-refractivity contribution in [3.63, 3.8) is 0 Å². The van der Waals surface area contributed by atoms with Gasteiger partial charge in [0, 0.05) is 12.6 Å². The number of nitrogens with zero attached hydrogens (tertiary/aromatic N) is 2. The molecule has 9 nitrogen and oxygen atoms in total. The smallest absolute Gasteiger partial charge is 0.338 e. The first-order valence-electron chi connectivity index (χ1n) is 10.6. The second-order valence-electron chi connectivity index (χ2n) is 7.89. The van der Waals surface area contributed by atoms with Crippen molar-refractivity contribution < 1.29 is 33.1 Å². The first kappa shape index (κ1) is 24.6. The van der Waals surface area contributed by atoms with E-state index in [1.165, 1.54) is 35.2 Å². The van der Waals surface area contributed by atoms with Crippen LogP contribution >= 0.6 is 0 Å². The van der Waals surface area contributed by atoms with E-state index in [9.17, 15) is 28.4 Å². The second kappa shape index (κ2) is 10.2. The number of carbonyl (C=O) groups excluding carboxylic acids is 5. The van der Waals surface area contributed by atoms with Gasteiger partial charge in [0.1, 0.15) is 5.82 Å². The molecule has 0 aromatic heterocycles. The van der Waals surface area contributed by atoms with Gasteiger partial charge in [-0.1, -0.05) is 0 Å².